The topological polar surface area (TPSA) is 111 Å². The van der Waals surface area contributed by atoms with Crippen LogP contribution in [0.15, 0.2) is 0 Å². The number of carboxylic acids is 1. The number of nitrogens with zero attached hydrogens (tertiary/aromatic N) is 1. The minimum absolute atomic E-state index is 0.153. The van der Waals surface area contributed by atoms with Gasteiger partial charge in [0.2, 0.25) is 0 Å². The molecule has 2 atom stereocenters. The Morgan fingerprint density at radius 1 is 0.347 bits per heavy atom. The van der Waals surface area contributed by atoms with Crippen LogP contribution in [-0.4, -0.2) is 82.3 Å². The van der Waals surface area contributed by atoms with E-state index < -0.39 is 24.3 Å². The third-order valence-corrected chi connectivity index (χ3v) is 15.4. The summed E-state index contributed by atoms with van der Waals surface area (Å²) in [5.74, 6) is -2.26. The van der Waals surface area contributed by atoms with Crippen molar-refractivity contribution in [3.05, 3.63) is 0 Å². The Hall–Kier alpha value is -1.71. The lowest BCUT2D eigenvalue weighted by Gasteiger charge is -2.26. The lowest BCUT2D eigenvalue weighted by Crippen LogP contribution is -2.44. The Morgan fingerprint density at radius 2 is 0.600 bits per heavy atom. The Bertz CT molecular complexity index is 1190. The fraction of sp³-hybridized carbons (Fsp3) is 0.955. The average molecular weight is 1060 g/mol. The first-order chi connectivity index (χ1) is 36.6. The van der Waals surface area contributed by atoms with Gasteiger partial charge in [0.05, 0.1) is 40.3 Å². The van der Waals surface area contributed by atoms with Crippen molar-refractivity contribution >= 4 is 17.9 Å². The Labute approximate surface area is 466 Å². The van der Waals surface area contributed by atoms with Crippen molar-refractivity contribution < 1.29 is 42.9 Å². The second-order valence-corrected chi connectivity index (χ2v) is 24.1. The van der Waals surface area contributed by atoms with Gasteiger partial charge in [0.1, 0.15) is 13.2 Å². The van der Waals surface area contributed by atoms with E-state index in [4.69, 9.17) is 18.9 Å². The van der Waals surface area contributed by atoms with Crippen LogP contribution in [0.2, 0.25) is 0 Å². The van der Waals surface area contributed by atoms with Gasteiger partial charge in [-0.05, 0) is 12.8 Å². The predicted octanol–water partition coefficient (Wildman–Crippen LogP) is 18.6. The van der Waals surface area contributed by atoms with Crippen LogP contribution in [0, 0.1) is 0 Å². The van der Waals surface area contributed by atoms with E-state index in [0.29, 0.717) is 17.4 Å². The maximum absolute atomic E-state index is 12.8. The summed E-state index contributed by atoms with van der Waals surface area (Å²) in [7, 11) is 5.93. The third kappa shape index (κ3) is 59.8. The minimum atomic E-state index is -1.61. The molecule has 0 spiro atoms. The highest BCUT2D eigenvalue weighted by atomic mass is 16.7. The zero-order valence-corrected chi connectivity index (χ0v) is 51.0. The van der Waals surface area contributed by atoms with Crippen molar-refractivity contribution in [1.82, 2.24) is 0 Å². The number of esters is 2. The summed E-state index contributed by atoms with van der Waals surface area (Å²) in [5, 5.41) is 11.7. The first-order valence-corrected chi connectivity index (χ1v) is 33.2. The maximum Gasteiger partial charge on any atom is 0.306 e. The van der Waals surface area contributed by atoms with Crippen molar-refractivity contribution in [3.8, 4) is 0 Å². The molecule has 0 aromatic carbocycles. The molecule has 9 heteroatoms. The van der Waals surface area contributed by atoms with Crippen LogP contribution in [0.4, 0.5) is 0 Å². The fourth-order valence-electron chi connectivity index (χ4n) is 10.2. The normalized spacial score (nSPS) is 12.6. The molecule has 446 valence electrons. The number of ether oxygens (including phenoxy) is 4. The van der Waals surface area contributed by atoms with Gasteiger partial charge in [-0.1, -0.05) is 322 Å². The molecule has 0 amide bonds. The number of carboxylic acid groups (broad SMARTS) is 1. The number of carbonyl (C=O) groups is 3. The van der Waals surface area contributed by atoms with Gasteiger partial charge >= 0.3 is 11.9 Å². The van der Waals surface area contributed by atoms with Crippen molar-refractivity contribution in [2.45, 2.75) is 360 Å². The van der Waals surface area contributed by atoms with E-state index in [-0.39, 0.29) is 32.2 Å². The monoisotopic (exact) mass is 1060 g/mol. The van der Waals surface area contributed by atoms with E-state index in [1.165, 1.54) is 283 Å². The van der Waals surface area contributed by atoms with Crippen molar-refractivity contribution in [2.24, 2.45) is 0 Å². The van der Waals surface area contributed by atoms with Crippen LogP contribution in [0.25, 0.3) is 0 Å². The number of hydrogen-bond donors (Lipinski definition) is 0. The van der Waals surface area contributed by atoms with Gasteiger partial charge in [0.25, 0.3) is 0 Å². The predicted molar refractivity (Wildman–Crippen MR) is 316 cm³/mol. The molecule has 0 aliphatic heterocycles. The number of aliphatic carboxylic acids is 1. The molecule has 0 saturated heterocycles. The Morgan fingerprint density at radius 3 is 0.853 bits per heavy atom. The van der Waals surface area contributed by atoms with E-state index in [9.17, 15) is 19.5 Å². The molecule has 0 saturated carbocycles. The summed E-state index contributed by atoms with van der Waals surface area (Å²) in [4.78, 5) is 37.1. The number of quaternary nitrogens is 1. The lowest BCUT2D eigenvalue weighted by atomic mass is 10.0. The quantitative estimate of drug-likeness (QED) is 0.0256. The standard InChI is InChI=1S/C66H129NO8/c1-6-8-10-12-14-16-17-18-19-20-21-22-23-24-25-26-27-28-29-30-31-32-33-34-35-36-37-38-39-40-41-42-43-44-45-46-47-49-51-53-55-57-64(69)75-62(61-74-66(65(70)71)72-59-58-67(3,4)5)60-73-63(68)56-54-52-50-48-15-13-11-9-7-2/h62,66H,6-61H2,1-5H3. The number of carbonyl (C=O) groups excluding carboxylic acids is 3. The molecule has 0 aromatic heterocycles. The molecule has 9 nitrogen and oxygen atoms in total. The molecule has 0 heterocycles. The third-order valence-electron chi connectivity index (χ3n) is 15.4. The zero-order valence-electron chi connectivity index (χ0n) is 51.0. The summed E-state index contributed by atoms with van der Waals surface area (Å²) in [6.07, 6.45) is 65.2. The van der Waals surface area contributed by atoms with Gasteiger partial charge in [-0.3, -0.25) is 9.59 Å². The lowest BCUT2D eigenvalue weighted by molar-refractivity contribution is -0.870. The first kappa shape index (κ1) is 73.3. The van der Waals surface area contributed by atoms with E-state index in [1.54, 1.807) is 0 Å². The summed E-state index contributed by atoms with van der Waals surface area (Å²) in [6.45, 7) is 4.78. The summed E-state index contributed by atoms with van der Waals surface area (Å²) >= 11 is 0. The molecule has 2 unspecified atom stereocenters. The van der Waals surface area contributed by atoms with E-state index in [0.717, 1.165) is 38.5 Å². The van der Waals surface area contributed by atoms with E-state index in [2.05, 4.69) is 13.8 Å². The minimum Gasteiger partial charge on any atom is -0.545 e. The second kappa shape index (κ2) is 58.4. The van der Waals surface area contributed by atoms with Gasteiger partial charge < -0.3 is 33.3 Å². The number of likely N-dealkylation sites (N-methyl/N-ethyl adjacent to an activating group) is 1. The van der Waals surface area contributed by atoms with Crippen LogP contribution in [-0.2, 0) is 33.3 Å². The molecule has 0 bridgehead atoms. The molecule has 0 rings (SSSR count). The molecule has 0 aliphatic rings. The fourth-order valence-corrected chi connectivity index (χ4v) is 10.2. The van der Waals surface area contributed by atoms with E-state index in [1.807, 2.05) is 21.1 Å². The van der Waals surface area contributed by atoms with Crippen LogP contribution < -0.4 is 5.11 Å². The molecule has 0 aromatic rings. The maximum atomic E-state index is 12.8. The van der Waals surface area contributed by atoms with Crippen LogP contribution >= 0.6 is 0 Å². The number of hydrogen-bond acceptors (Lipinski definition) is 8. The molecule has 75 heavy (non-hydrogen) atoms. The first-order valence-electron chi connectivity index (χ1n) is 33.2. The number of unbranched alkanes of at least 4 members (excludes halogenated alkanes) is 48. The van der Waals surface area contributed by atoms with Crippen LogP contribution in [0.3, 0.4) is 0 Å². The SMILES string of the molecule is CCCCCCCCCCCCCCCCCCCCCCCCCCCCCCCCCCCCCCCCCCCC(=O)OC(COC(=O)CCCCCCCCCCC)COC(OCC[N+](C)(C)C)C(=O)[O-]. The van der Waals surface area contributed by atoms with Crippen molar-refractivity contribution in [2.75, 3.05) is 47.5 Å². The van der Waals surface area contributed by atoms with Crippen LogP contribution in [0.5, 0.6) is 0 Å². The Balaban J connectivity index is 3.77. The summed E-state index contributed by atoms with van der Waals surface area (Å²) < 4.78 is 22.6. The largest absolute Gasteiger partial charge is 0.545 e. The van der Waals surface area contributed by atoms with E-state index >= 15 is 0 Å². The van der Waals surface area contributed by atoms with Crippen molar-refractivity contribution in [1.29, 1.82) is 0 Å². The summed E-state index contributed by atoms with van der Waals surface area (Å²) in [5.41, 5.74) is 0. The molecule has 0 fully saturated rings. The molecule has 0 N–H and O–H groups in total. The van der Waals surface area contributed by atoms with Gasteiger partial charge in [0, 0.05) is 12.8 Å². The van der Waals surface area contributed by atoms with Gasteiger partial charge in [-0.15, -0.1) is 0 Å². The molecular formula is C66H129NO8. The highest BCUT2D eigenvalue weighted by Gasteiger charge is 2.22. The second-order valence-electron chi connectivity index (χ2n) is 24.1. The van der Waals surface area contributed by atoms with Crippen LogP contribution in [0.1, 0.15) is 348 Å². The average Bonchev–Trinajstić information content (AvgIpc) is 3.38. The zero-order chi connectivity index (χ0) is 54.8. The highest BCUT2D eigenvalue weighted by Crippen LogP contribution is 2.19. The highest BCUT2D eigenvalue weighted by molar-refractivity contribution is 5.70. The molecular weight excluding hydrogens is 935 g/mol. The Kier molecular flexibility index (Phi) is 57.1. The summed E-state index contributed by atoms with van der Waals surface area (Å²) in [6, 6.07) is 0. The van der Waals surface area contributed by atoms with Crippen molar-refractivity contribution in [3.63, 3.8) is 0 Å². The number of rotatable bonds is 63. The van der Waals surface area contributed by atoms with Gasteiger partial charge in [-0.2, -0.15) is 0 Å². The molecule has 0 aliphatic carbocycles. The molecule has 0 radical (unpaired) electrons. The van der Waals surface area contributed by atoms with Gasteiger partial charge in [0.15, 0.2) is 12.4 Å². The smallest absolute Gasteiger partial charge is 0.306 e. The van der Waals surface area contributed by atoms with Gasteiger partial charge in [-0.25, -0.2) is 0 Å².